The quantitative estimate of drug-likeness (QED) is 0.901. The monoisotopic (exact) mass is 347 g/mol. The third-order valence-electron chi connectivity index (χ3n) is 2.95. The van der Waals surface area contributed by atoms with Gasteiger partial charge in [0.15, 0.2) is 11.5 Å². The molecule has 0 fully saturated rings. The van der Waals surface area contributed by atoms with Crippen LogP contribution in [0, 0.1) is 11.3 Å². The Labute approximate surface area is 131 Å². The summed E-state index contributed by atoms with van der Waals surface area (Å²) in [5.74, 6) is 1.60. The summed E-state index contributed by atoms with van der Waals surface area (Å²) < 4.78 is 11.8. The second-order valence-electron chi connectivity index (χ2n) is 4.45. The first-order valence-corrected chi connectivity index (χ1v) is 7.08. The number of methoxy groups -OCH3 is 1. The first-order chi connectivity index (χ1) is 10.0. The Morgan fingerprint density at radius 3 is 2.43 bits per heavy atom. The van der Waals surface area contributed by atoms with Gasteiger partial charge in [-0.1, -0.05) is 6.07 Å². The van der Waals surface area contributed by atoms with E-state index in [2.05, 4.69) is 22.0 Å². The van der Waals surface area contributed by atoms with Gasteiger partial charge in [-0.2, -0.15) is 5.26 Å². The van der Waals surface area contributed by atoms with Crippen molar-refractivity contribution < 1.29 is 14.6 Å². The standard InChI is InChI=1S/C16H14BrNO3/c1-10(19)12-4-6-14(13(17)8-12)21-15-5-3-11(9-18)7-16(15)20-2/h3-8,10,19H,1-2H3. The molecule has 1 atom stereocenters. The van der Waals surface area contributed by atoms with E-state index in [1.807, 2.05) is 0 Å². The van der Waals surface area contributed by atoms with Crippen LogP contribution >= 0.6 is 15.9 Å². The SMILES string of the molecule is COc1cc(C#N)ccc1Oc1ccc(C(C)O)cc1Br. The lowest BCUT2D eigenvalue weighted by atomic mass is 10.1. The first kappa shape index (κ1) is 15.4. The van der Waals surface area contributed by atoms with E-state index in [1.165, 1.54) is 7.11 Å². The second kappa shape index (κ2) is 6.61. The summed E-state index contributed by atoms with van der Waals surface area (Å²) in [6.07, 6.45) is -0.542. The number of ether oxygens (including phenoxy) is 2. The Morgan fingerprint density at radius 1 is 1.14 bits per heavy atom. The van der Waals surface area contributed by atoms with Crippen molar-refractivity contribution in [2.24, 2.45) is 0 Å². The smallest absolute Gasteiger partial charge is 0.169 e. The van der Waals surface area contributed by atoms with Crippen LogP contribution in [0.5, 0.6) is 17.2 Å². The van der Waals surface area contributed by atoms with Gasteiger partial charge in [0.2, 0.25) is 0 Å². The number of aliphatic hydroxyl groups is 1. The zero-order valence-electron chi connectivity index (χ0n) is 11.6. The van der Waals surface area contributed by atoms with Crippen LogP contribution in [0.3, 0.4) is 0 Å². The van der Waals surface area contributed by atoms with Gasteiger partial charge in [-0.25, -0.2) is 0 Å². The van der Waals surface area contributed by atoms with E-state index in [1.54, 1.807) is 43.3 Å². The Bertz CT molecular complexity index is 692. The van der Waals surface area contributed by atoms with Crippen molar-refractivity contribution in [2.75, 3.05) is 7.11 Å². The molecule has 0 spiro atoms. The fraction of sp³-hybridized carbons (Fsp3) is 0.188. The molecule has 0 bridgehead atoms. The highest BCUT2D eigenvalue weighted by atomic mass is 79.9. The van der Waals surface area contributed by atoms with Crippen molar-refractivity contribution >= 4 is 15.9 Å². The normalized spacial score (nSPS) is 11.6. The maximum atomic E-state index is 9.56. The van der Waals surface area contributed by atoms with E-state index in [0.717, 1.165) is 10.0 Å². The van der Waals surface area contributed by atoms with Gasteiger partial charge in [0, 0.05) is 6.07 Å². The predicted molar refractivity (Wildman–Crippen MR) is 82.6 cm³/mol. The molecule has 21 heavy (non-hydrogen) atoms. The molecule has 0 radical (unpaired) electrons. The van der Waals surface area contributed by atoms with Crippen LogP contribution in [0.25, 0.3) is 0 Å². The summed E-state index contributed by atoms with van der Waals surface area (Å²) in [4.78, 5) is 0. The largest absolute Gasteiger partial charge is 0.493 e. The minimum Gasteiger partial charge on any atom is -0.493 e. The van der Waals surface area contributed by atoms with Crippen molar-refractivity contribution in [1.82, 2.24) is 0 Å². The van der Waals surface area contributed by atoms with Crippen molar-refractivity contribution in [1.29, 1.82) is 5.26 Å². The van der Waals surface area contributed by atoms with E-state index in [-0.39, 0.29) is 0 Å². The zero-order valence-corrected chi connectivity index (χ0v) is 13.2. The van der Waals surface area contributed by atoms with Gasteiger partial charge in [0.1, 0.15) is 5.75 Å². The molecule has 2 rings (SSSR count). The van der Waals surface area contributed by atoms with Crippen LogP contribution < -0.4 is 9.47 Å². The van der Waals surface area contributed by atoms with Gasteiger partial charge in [-0.3, -0.25) is 0 Å². The summed E-state index contributed by atoms with van der Waals surface area (Å²) in [5, 5.41) is 18.4. The van der Waals surface area contributed by atoms with Crippen LogP contribution in [0.2, 0.25) is 0 Å². The van der Waals surface area contributed by atoms with E-state index in [0.29, 0.717) is 22.8 Å². The highest BCUT2D eigenvalue weighted by molar-refractivity contribution is 9.10. The van der Waals surface area contributed by atoms with Crippen molar-refractivity contribution in [2.45, 2.75) is 13.0 Å². The minimum absolute atomic E-state index is 0.487. The molecule has 0 aliphatic carbocycles. The van der Waals surface area contributed by atoms with Crippen LogP contribution in [0.15, 0.2) is 40.9 Å². The molecule has 4 nitrogen and oxygen atoms in total. The molecule has 5 heteroatoms. The maximum Gasteiger partial charge on any atom is 0.169 e. The summed E-state index contributed by atoms with van der Waals surface area (Å²) in [7, 11) is 1.52. The van der Waals surface area contributed by atoms with Gasteiger partial charge in [-0.05, 0) is 52.7 Å². The zero-order chi connectivity index (χ0) is 15.4. The van der Waals surface area contributed by atoms with Crippen molar-refractivity contribution in [3.05, 3.63) is 52.0 Å². The Morgan fingerprint density at radius 2 is 1.86 bits per heavy atom. The molecule has 108 valence electrons. The number of hydrogen-bond donors (Lipinski definition) is 1. The number of nitriles is 1. The molecule has 2 aromatic rings. The van der Waals surface area contributed by atoms with Gasteiger partial charge in [0.25, 0.3) is 0 Å². The molecule has 0 aliphatic rings. The fourth-order valence-electron chi connectivity index (χ4n) is 1.80. The molecule has 0 aromatic heterocycles. The lowest BCUT2D eigenvalue weighted by molar-refractivity contribution is 0.199. The molecule has 0 saturated carbocycles. The van der Waals surface area contributed by atoms with Crippen LogP contribution in [-0.4, -0.2) is 12.2 Å². The van der Waals surface area contributed by atoms with Crippen LogP contribution in [0.4, 0.5) is 0 Å². The minimum atomic E-state index is -0.542. The summed E-state index contributed by atoms with van der Waals surface area (Å²) >= 11 is 3.42. The lowest BCUT2D eigenvalue weighted by Gasteiger charge is -2.13. The molecule has 2 aromatic carbocycles. The average Bonchev–Trinajstić information content (AvgIpc) is 2.49. The molecule has 0 heterocycles. The number of rotatable bonds is 4. The van der Waals surface area contributed by atoms with Crippen LogP contribution in [-0.2, 0) is 0 Å². The third kappa shape index (κ3) is 3.54. The van der Waals surface area contributed by atoms with Crippen LogP contribution in [0.1, 0.15) is 24.2 Å². The molecular weight excluding hydrogens is 334 g/mol. The van der Waals surface area contributed by atoms with E-state index in [9.17, 15) is 5.11 Å². The molecular formula is C16H14BrNO3. The van der Waals surface area contributed by atoms with E-state index in [4.69, 9.17) is 14.7 Å². The molecule has 1 unspecified atom stereocenters. The van der Waals surface area contributed by atoms with Gasteiger partial charge >= 0.3 is 0 Å². The highest BCUT2D eigenvalue weighted by Crippen LogP contribution is 2.36. The number of nitrogens with zero attached hydrogens (tertiary/aromatic N) is 1. The second-order valence-corrected chi connectivity index (χ2v) is 5.30. The molecule has 0 saturated heterocycles. The predicted octanol–water partition coefficient (Wildman–Crippen LogP) is 4.17. The Balaban J connectivity index is 2.32. The van der Waals surface area contributed by atoms with Gasteiger partial charge in [0.05, 0.1) is 29.3 Å². The van der Waals surface area contributed by atoms with Gasteiger partial charge in [-0.15, -0.1) is 0 Å². The van der Waals surface area contributed by atoms with Crippen molar-refractivity contribution in [3.63, 3.8) is 0 Å². The van der Waals surface area contributed by atoms with Gasteiger partial charge < -0.3 is 14.6 Å². The molecule has 0 aliphatic heterocycles. The summed E-state index contributed by atoms with van der Waals surface area (Å²) in [6.45, 7) is 1.70. The maximum absolute atomic E-state index is 9.56. The lowest BCUT2D eigenvalue weighted by Crippen LogP contribution is -1.94. The fourth-order valence-corrected chi connectivity index (χ4v) is 2.28. The number of aliphatic hydroxyl groups excluding tert-OH is 1. The van der Waals surface area contributed by atoms with E-state index >= 15 is 0 Å². The molecule has 0 amide bonds. The average molecular weight is 348 g/mol. The number of halogens is 1. The number of benzene rings is 2. The first-order valence-electron chi connectivity index (χ1n) is 6.28. The summed E-state index contributed by atoms with van der Waals surface area (Å²) in [5.41, 5.74) is 1.30. The van der Waals surface area contributed by atoms with Crippen molar-refractivity contribution in [3.8, 4) is 23.3 Å². The summed E-state index contributed by atoms with van der Waals surface area (Å²) in [6, 6.07) is 12.4. The number of hydrogen-bond acceptors (Lipinski definition) is 4. The Kier molecular flexibility index (Phi) is 4.84. The topological polar surface area (TPSA) is 62.5 Å². The Hall–Kier alpha value is -2.03. The van der Waals surface area contributed by atoms with E-state index < -0.39 is 6.10 Å². The third-order valence-corrected chi connectivity index (χ3v) is 3.57. The molecule has 1 N–H and O–H groups in total. The highest BCUT2D eigenvalue weighted by Gasteiger charge is 2.11.